The van der Waals surface area contributed by atoms with Crippen LogP contribution in [-0.4, -0.2) is 40.8 Å². The van der Waals surface area contributed by atoms with Crippen LogP contribution in [0, 0.1) is 24.0 Å². The lowest BCUT2D eigenvalue weighted by atomic mass is 10.1. The highest BCUT2D eigenvalue weighted by molar-refractivity contribution is 6.03. The van der Waals surface area contributed by atoms with Gasteiger partial charge in [-0.25, -0.2) is 4.68 Å². The lowest BCUT2D eigenvalue weighted by Gasteiger charge is -2.10. The average molecular weight is 404 g/mol. The first-order chi connectivity index (χ1) is 14.4. The number of nitrogens with one attached hydrogen (secondary N) is 1. The van der Waals surface area contributed by atoms with Gasteiger partial charge in [-0.15, -0.1) is 5.10 Å². The zero-order valence-corrected chi connectivity index (χ0v) is 16.1. The molecule has 0 fully saturated rings. The van der Waals surface area contributed by atoms with Gasteiger partial charge in [0.25, 0.3) is 11.6 Å². The van der Waals surface area contributed by atoms with E-state index in [1.807, 2.05) is 13.0 Å². The van der Waals surface area contributed by atoms with Crippen molar-refractivity contribution in [1.29, 1.82) is 0 Å². The Morgan fingerprint density at radius 1 is 1.10 bits per heavy atom. The number of tetrazole rings is 1. The Morgan fingerprint density at radius 3 is 2.53 bits per heavy atom. The van der Waals surface area contributed by atoms with Crippen LogP contribution in [-0.2, 0) is 0 Å². The number of hydrogen-bond donors (Lipinski definition) is 1. The molecule has 2 aromatic carbocycles. The van der Waals surface area contributed by atoms with Crippen molar-refractivity contribution >= 4 is 17.3 Å². The Labute approximate surface area is 170 Å². The van der Waals surface area contributed by atoms with E-state index < -0.39 is 4.92 Å². The zero-order chi connectivity index (χ0) is 21.3. The van der Waals surface area contributed by atoms with Crippen molar-refractivity contribution in [3.63, 3.8) is 0 Å². The molecule has 30 heavy (non-hydrogen) atoms. The number of aromatic nitrogens is 6. The molecular weight excluding hydrogens is 388 g/mol. The molecule has 0 unspecified atom stereocenters. The number of amides is 1. The van der Waals surface area contributed by atoms with Crippen molar-refractivity contribution in [1.82, 2.24) is 30.0 Å². The molecule has 0 atom stereocenters. The molecule has 0 radical (unpaired) electrons. The van der Waals surface area contributed by atoms with Crippen LogP contribution in [0.5, 0.6) is 0 Å². The molecule has 0 spiro atoms. The van der Waals surface area contributed by atoms with E-state index in [1.165, 1.54) is 16.8 Å². The highest BCUT2D eigenvalue weighted by Gasteiger charge is 2.14. The molecule has 1 N–H and O–H groups in total. The molecular formula is C19H16N8O3. The Bertz CT molecular complexity index is 1240. The van der Waals surface area contributed by atoms with Crippen LogP contribution in [0.3, 0.4) is 0 Å². The van der Waals surface area contributed by atoms with Gasteiger partial charge in [-0.05, 0) is 60.2 Å². The standard InChI is InChI=1S/C19H16N8O3/c1-12-3-4-14(11-18(12)26-13(2)21-23-24-26)20-19(28)17-9-10-25(22-17)15-5-7-16(8-6-15)27(29)30/h3-11H,1-2H3,(H,20,28). The number of nitrogens with zero attached hydrogens (tertiary/aromatic N) is 7. The summed E-state index contributed by atoms with van der Waals surface area (Å²) >= 11 is 0. The Balaban J connectivity index is 1.54. The fourth-order valence-corrected chi connectivity index (χ4v) is 2.88. The summed E-state index contributed by atoms with van der Waals surface area (Å²) in [5.74, 6) is 0.238. The number of hydrogen-bond acceptors (Lipinski definition) is 7. The molecule has 0 saturated carbocycles. The monoisotopic (exact) mass is 404 g/mol. The molecule has 0 aliphatic carbocycles. The lowest BCUT2D eigenvalue weighted by Crippen LogP contribution is -2.14. The molecule has 2 aromatic heterocycles. The number of carbonyl (C=O) groups excluding carboxylic acids is 1. The van der Waals surface area contributed by atoms with Gasteiger partial charge in [0.2, 0.25) is 0 Å². The summed E-state index contributed by atoms with van der Waals surface area (Å²) in [4.78, 5) is 22.9. The molecule has 11 heteroatoms. The van der Waals surface area contributed by atoms with Gasteiger partial charge in [0.1, 0.15) is 0 Å². The normalized spacial score (nSPS) is 10.7. The third-order valence-corrected chi connectivity index (χ3v) is 4.47. The number of benzene rings is 2. The van der Waals surface area contributed by atoms with E-state index in [9.17, 15) is 14.9 Å². The van der Waals surface area contributed by atoms with Gasteiger partial charge in [0.15, 0.2) is 11.5 Å². The Morgan fingerprint density at radius 2 is 1.87 bits per heavy atom. The highest BCUT2D eigenvalue weighted by atomic mass is 16.6. The van der Waals surface area contributed by atoms with Crippen LogP contribution in [0.2, 0.25) is 0 Å². The maximum absolute atomic E-state index is 12.6. The number of anilines is 1. The largest absolute Gasteiger partial charge is 0.321 e. The second kappa shape index (κ2) is 7.54. The molecule has 4 rings (SSSR count). The molecule has 4 aromatic rings. The molecule has 2 heterocycles. The number of nitro groups is 1. The predicted molar refractivity (Wildman–Crippen MR) is 107 cm³/mol. The van der Waals surface area contributed by atoms with E-state index in [0.717, 1.165) is 11.3 Å². The summed E-state index contributed by atoms with van der Waals surface area (Å²) in [6, 6.07) is 12.9. The number of carbonyl (C=O) groups is 1. The first-order valence-electron chi connectivity index (χ1n) is 8.90. The molecule has 0 aliphatic heterocycles. The van der Waals surface area contributed by atoms with E-state index >= 15 is 0 Å². The SMILES string of the molecule is Cc1ccc(NC(=O)c2ccn(-c3ccc([N+](=O)[O-])cc3)n2)cc1-n1nnnc1C. The summed E-state index contributed by atoms with van der Waals surface area (Å²) in [5.41, 5.74) is 3.07. The molecule has 1 amide bonds. The minimum atomic E-state index is -0.474. The Hall–Kier alpha value is -4.41. The van der Waals surface area contributed by atoms with E-state index in [2.05, 4.69) is 25.9 Å². The van der Waals surface area contributed by atoms with Gasteiger partial charge in [-0.3, -0.25) is 14.9 Å². The molecule has 0 saturated heterocycles. The van der Waals surface area contributed by atoms with Gasteiger partial charge in [0.05, 0.1) is 16.3 Å². The fourth-order valence-electron chi connectivity index (χ4n) is 2.88. The molecule has 0 aliphatic rings. The highest BCUT2D eigenvalue weighted by Crippen LogP contribution is 2.20. The number of rotatable bonds is 5. The van der Waals surface area contributed by atoms with Crippen LogP contribution >= 0.6 is 0 Å². The fraction of sp³-hybridized carbons (Fsp3) is 0.105. The van der Waals surface area contributed by atoms with E-state index in [1.54, 1.807) is 48.1 Å². The van der Waals surface area contributed by atoms with Gasteiger partial charge < -0.3 is 5.32 Å². The summed E-state index contributed by atoms with van der Waals surface area (Å²) in [5, 5.41) is 29.3. The van der Waals surface area contributed by atoms with Crippen molar-refractivity contribution in [3.05, 3.63) is 81.9 Å². The summed E-state index contributed by atoms with van der Waals surface area (Å²) in [6.45, 7) is 3.71. The van der Waals surface area contributed by atoms with Gasteiger partial charge >= 0.3 is 0 Å². The lowest BCUT2D eigenvalue weighted by molar-refractivity contribution is -0.384. The molecule has 0 bridgehead atoms. The average Bonchev–Trinajstić information content (AvgIpc) is 3.39. The number of nitro benzene ring substituents is 1. The van der Waals surface area contributed by atoms with Crippen LogP contribution < -0.4 is 5.32 Å². The molecule has 11 nitrogen and oxygen atoms in total. The van der Waals surface area contributed by atoms with Gasteiger partial charge in [-0.2, -0.15) is 9.78 Å². The summed E-state index contributed by atoms with van der Waals surface area (Å²) < 4.78 is 3.07. The van der Waals surface area contributed by atoms with Crippen LogP contribution in [0.1, 0.15) is 21.9 Å². The van der Waals surface area contributed by atoms with Crippen LogP contribution in [0.25, 0.3) is 11.4 Å². The molecule has 150 valence electrons. The first kappa shape index (κ1) is 18.9. The van der Waals surface area contributed by atoms with E-state index in [4.69, 9.17) is 0 Å². The quantitative estimate of drug-likeness (QED) is 0.399. The van der Waals surface area contributed by atoms with Crippen molar-refractivity contribution in [2.24, 2.45) is 0 Å². The third-order valence-electron chi connectivity index (χ3n) is 4.47. The first-order valence-corrected chi connectivity index (χ1v) is 8.90. The van der Waals surface area contributed by atoms with E-state index in [-0.39, 0.29) is 17.3 Å². The van der Waals surface area contributed by atoms with Crippen molar-refractivity contribution in [2.45, 2.75) is 13.8 Å². The minimum absolute atomic E-state index is 0.0168. The van der Waals surface area contributed by atoms with Gasteiger partial charge in [0, 0.05) is 24.0 Å². The number of non-ortho nitro benzene ring substituents is 1. The minimum Gasteiger partial charge on any atom is -0.321 e. The number of aryl methyl sites for hydroxylation is 2. The maximum Gasteiger partial charge on any atom is 0.276 e. The van der Waals surface area contributed by atoms with Crippen molar-refractivity contribution < 1.29 is 9.72 Å². The van der Waals surface area contributed by atoms with Crippen LogP contribution in [0.15, 0.2) is 54.7 Å². The zero-order valence-electron chi connectivity index (χ0n) is 16.1. The smallest absolute Gasteiger partial charge is 0.276 e. The van der Waals surface area contributed by atoms with E-state index in [0.29, 0.717) is 17.2 Å². The van der Waals surface area contributed by atoms with Crippen LogP contribution in [0.4, 0.5) is 11.4 Å². The third kappa shape index (κ3) is 3.63. The Kier molecular flexibility index (Phi) is 4.76. The van der Waals surface area contributed by atoms with Crippen molar-refractivity contribution in [3.8, 4) is 11.4 Å². The summed E-state index contributed by atoms with van der Waals surface area (Å²) in [7, 11) is 0. The topological polar surface area (TPSA) is 134 Å². The summed E-state index contributed by atoms with van der Waals surface area (Å²) in [6.07, 6.45) is 1.61. The second-order valence-electron chi connectivity index (χ2n) is 6.51. The maximum atomic E-state index is 12.6. The second-order valence-corrected chi connectivity index (χ2v) is 6.51. The predicted octanol–water partition coefficient (Wildman–Crippen LogP) is 2.63. The van der Waals surface area contributed by atoms with Crippen molar-refractivity contribution in [2.75, 3.05) is 5.32 Å². The van der Waals surface area contributed by atoms with Gasteiger partial charge in [-0.1, -0.05) is 6.07 Å².